The number of sulfonamides is 1. The topological polar surface area (TPSA) is 102 Å². The smallest absolute Gasteiger partial charge is 0.246 e. The predicted octanol–water partition coefficient (Wildman–Crippen LogP) is 2.22. The summed E-state index contributed by atoms with van der Waals surface area (Å²) in [6, 6.07) is 4.64. The van der Waals surface area contributed by atoms with E-state index in [1.54, 1.807) is 32.9 Å². The Bertz CT molecular complexity index is 649. The SMILES string of the molecule is CCOc1ccc(NC(=O)CCCN)cc1S(=O)(=O)N(CC)CC.Cl. The van der Waals surface area contributed by atoms with Gasteiger partial charge in [0.15, 0.2) is 0 Å². The van der Waals surface area contributed by atoms with Gasteiger partial charge in [0, 0.05) is 25.2 Å². The van der Waals surface area contributed by atoms with Gasteiger partial charge in [0.1, 0.15) is 10.6 Å². The number of nitrogens with zero attached hydrogens (tertiary/aromatic N) is 1. The Morgan fingerprint density at radius 1 is 1.24 bits per heavy atom. The Balaban J connectivity index is 0.00000576. The van der Waals surface area contributed by atoms with E-state index in [1.807, 2.05) is 0 Å². The molecule has 1 aromatic rings. The molecule has 0 aliphatic rings. The number of carbonyl (C=O) groups excluding carboxylic acids is 1. The molecule has 0 aliphatic carbocycles. The Labute approximate surface area is 156 Å². The molecule has 144 valence electrons. The summed E-state index contributed by atoms with van der Waals surface area (Å²) in [5, 5.41) is 2.70. The van der Waals surface area contributed by atoms with Gasteiger partial charge in [0.05, 0.1) is 6.61 Å². The van der Waals surface area contributed by atoms with Crippen LogP contribution in [0.25, 0.3) is 0 Å². The summed E-state index contributed by atoms with van der Waals surface area (Å²) < 4.78 is 32.4. The Hall–Kier alpha value is -1.35. The number of hydrogen-bond donors (Lipinski definition) is 2. The molecule has 25 heavy (non-hydrogen) atoms. The first-order valence-corrected chi connectivity index (χ1v) is 9.61. The van der Waals surface area contributed by atoms with Crippen LogP contribution >= 0.6 is 12.4 Å². The van der Waals surface area contributed by atoms with Gasteiger partial charge in [-0.25, -0.2) is 8.42 Å². The average molecular weight is 394 g/mol. The van der Waals surface area contributed by atoms with Crippen LogP contribution in [-0.4, -0.2) is 44.9 Å². The van der Waals surface area contributed by atoms with Crippen molar-refractivity contribution in [3.63, 3.8) is 0 Å². The maximum atomic E-state index is 12.8. The number of anilines is 1. The Kier molecular flexibility index (Phi) is 10.7. The number of ether oxygens (including phenoxy) is 1. The van der Waals surface area contributed by atoms with E-state index < -0.39 is 10.0 Å². The van der Waals surface area contributed by atoms with E-state index in [-0.39, 0.29) is 29.0 Å². The van der Waals surface area contributed by atoms with E-state index in [0.717, 1.165) is 0 Å². The molecule has 9 heteroatoms. The molecule has 3 N–H and O–H groups in total. The van der Waals surface area contributed by atoms with E-state index >= 15 is 0 Å². The highest BCUT2D eigenvalue weighted by molar-refractivity contribution is 7.89. The molecule has 1 aromatic carbocycles. The number of amides is 1. The molecule has 0 fully saturated rings. The number of nitrogens with two attached hydrogens (primary N) is 1. The first-order valence-electron chi connectivity index (χ1n) is 8.17. The molecular formula is C16H28ClN3O4S. The molecule has 0 spiro atoms. The Morgan fingerprint density at radius 2 is 1.88 bits per heavy atom. The minimum atomic E-state index is -3.69. The largest absolute Gasteiger partial charge is 0.492 e. The van der Waals surface area contributed by atoms with Gasteiger partial charge < -0.3 is 15.8 Å². The van der Waals surface area contributed by atoms with Crippen molar-refractivity contribution in [2.75, 3.05) is 31.6 Å². The van der Waals surface area contributed by atoms with Crippen LogP contribution in [0, 0.1) is 0 Å². The normalized spacial score (nSPS) is 11.1. The van der Waals surface area contributed by atoms with Crippen LogP contribution in [-0.2, 0) is 14.8 Å². The summed E-state index contributed by atoms with van der Waals surface area (Å²) in [6.45, 7) is 6.84. The molecule has 1 rings (SSSR count). The lowest BCUT2D eigenvalue weighted by molar-refractivity contribution is -0.116. The number of benzene rings is 1. The number of hydrogen-bond acceptors (Lipinski definition) is 5. The molecule has 0 saturated carbocycles. The second-order valence-corrected chi connectivity index (χ2v) is 7.03. The fourth-order valence-electron chi connectivity index (χ4n) is 2.25. The second-order valence-electron chi connectivity index (χ2n) is 5.12. The average Bonchev–Trinajstić information content (AvgIpc) is 2.55. The van der Waals surface area contributed by atoms with Gasteiger partial charge >= 0.3 is 0 Å². The maximum absolute atomic E-state index is 12.8. The Morgan fingerprint density at radius 3 is 2.40 bits per heavy atom. The quantitative estimate of drug-likeness (QED) is 0.634. The number of rotatable bonds is 10. The molecule has 0 atom stereocenters. The minimum absolute atomic E-state index is 0. The van der Waals surface area contributed by atoms with Crippen LogP contribution in [0.1, 0.15) is 33.6 Å². The van der Waals surface area contributed by atoms with Crippen molar-refractivity contribution in [2.24, 2.45) is 5.73 Å². The molecule has 0 saturated heterocycles. The van der Waals surface area contributed by atoms with Gasteiger partial charge in [-0.15, -0.1) is 12.4 Å². The lowest BCUT2D eigenvalue weighted by Crippen LogP contribution is -2.31. The first kappa shape index (κ1) is 23.6. The molecule has 0 heterocycles. The van der Waals surface area contributed by atoms with E-state index in [4.69, 9.17) is 10.5 Å². The van der Waals surface area contributed by atoms with E-state index in [9.17, 15) is 13.2 Å². The second kappa shape index (κ2) is 11.3. The first-order chi connectivity index (χ1) is 11.4. The van der Waals surface area contributed by atoms with E-state index in [1.165, 1.54) is 10.4 Å². The standard InChI is InChI=1S/C16H27N3O4S.ClH/c1-4-19(5-2)24(21,22)15-12-13(9-10-14(15)23-6-3)18-16(20)8-7-11-17;/h9-10,12H,4-8,11,17H2,1-3H3,(H,18,20);1H. The summed E-state index contributed by atoms with van der Waals surface area (Å²) in [4.78, 5) is 11.9. The monoisotopic (exact) mass is 393 g/mol. The molecule has 1 amide bonds. The minimum Gasteiger partial charge on any atom is -0.492 e. The predicted molar refractivity (Wildman–Crippen MR) is 102 cm³/mol. The summed E-state index contributed by atoms with van der Waals surface area (Å²) in [7, 11) is -3.69. The van der Waals surface area contributed by atoms with Crippen LogP contribution in [0.4, 0.5) is 5.69 Å². The van der Waals surface area contributed by atoms with E-state index in [2.05, 4.69) is 5.32 Å². The number of carbonyl (C=O) groups is 1. The van der Waals surface area contributed by atoms with Crippen LogP contribution in [0.2, 0.25) is 0 Å². The molecule has 0 aromatic heterocycles. The van der Waals surface area contributed by atoms with Crippen molar-refractivity contribution in [3.05, 3.63) is 18.2 Å². The molecule has 0 aliphatic heterocycles. The lowest BCUT2D eigenvalue weighted by atomic mass is 10.2. The van der Waals surface area contributed by atoms with Crippen LogP contribution in [0.3, 0.4) is 0 Å². The van der Waals surface area contributed by atoms with Gasteiger partial charge in [0.2, 0.25) is 15.9 Å². The van der Waals surface area contributed by atoms with Crippen molar-refractivity contribution in [2.45, 2.75) is 38.5 Å². The summed E-state index contributed by atoms with van der Waals surface area (Å²) >= 11 is 0. The van der Waals surface area contributed by atoms with Gasteiger partial charge in [-0.3, -0.25) is 4.79 Å². The highest BCUT2D eigenvalue weighted by Crippen LogP contribution is 2.30. The molecular weight excluding hydrogens is 366 g/mol. The third-order valence-corrected chi connectivity index (χ3v) is 5.53. The summed E-state index contributed by atoms with van der Waals surface area (Å²) in [5.74, 6) is 0.0835. The van der Waals surface area contributed by atoms with Crippen molar-refractivity contribution < 1.29 is 17.9 Å². The highest BCUT2D eigenvalue weighted by Gasteiger charge is 2.26. The number of halogens is 1. The van der Waals surface area contributed by atoms with Crippen molar-refractivity contribution in [3.8, 4) is 5.75 Å². The summed E-state index contributed by atoms with van der Waals surface area (Å²) in [5.41, 5.74) is 5.81. The molecule has 0 unspecified atom stereocenters. The number of nitrogens with one attached hydrogen (secondary N) is 1. The van der Waals surface area contributed by atoms with Crippen LogP contribution < -0.4 is 15.8 Å². The van der Waals surface area contributed by atoms with E-state index in [0.29, 0.717) is 44.8 Å². The van der Waals surface area contributed by atoms with Gasteiger partial charge in [-0.1, -0.05) is 13.8 Å². The maximum Gasteiger partial charge on any atom is 0.246 e. The van der Waals surface area contributed by atoms with Crippen molar-refractivity contribution in [1.82, 2.24) is 4.31 Å². The molecule has 0 radical (unpaired) electrons. The van der Waals surface area contributed by atoms with Crippen LogP contribution in [0.5, 0.6) is 5.75 Å². The third-order valence-electron chi connectivity index (χ3n) is 3.46. The van der Waals surface area contributed by atoms with Crippen molar-refractivity contribution in [1.29, 1.82) is 0 Å². The van der Waals surface area contributed by atoms with Gasteiger partial charge in [-0.05, 0) is 38.1 Å². The van der Waals surface area contributed by atoms with Gasteiger partial charge in [0.25, 0.3) is 0 Å². The fourth-order valence-corrected chi connectivity index (χ4v) is 3.87. The summed E-state index contributed by atoms with van der Waals surface area (Å²) in [6.07, 6.45) is 0.870. The molecule has 0 bridgehead atoms. The lowest BCUT2D eigenvalue weighted by Gasteiger charge is -2.21. The molecule has 7 nitrogen and oxygen atoms in total. The zero-order valence-electron chi connectivity index (χ0n) is 14.9. The third kappa shape index (κ3) is 6.47. The van der Waals surface area contributed by atoms with Crippen LogP contribution in [0.15, 0.2) is 23.1 Å². The fraction of sp³-hybridized carbons (Fsp3) is 0.562. The highest BCUT2D eigenvalue weighted by atomic mass is 35.5. The van der Waals surface area contributed by atoms with Crippen molar-refractivity contribution >= 4 is 34.0 Å². The zero-order valence-corrected chi connectivity index (χ0v) is 16.6. The van der Waals surface area contributed by atoms with Gasteiger partial charge in [-0.2, -0.15) is 4.31 Å². The zero-order chi connectivity index (χ0) is 18.2.